The molecule has 1 amide bonds. The first kappa shape index (κ1) is 17.6. The lowest BCUT2D eigenvalue weighted by molar-refractivity contribution is -0.129. The minimum Gasteiger partial charge on any atom is -0.339 e. The van der Waals surface area contributed by atoms with Gasteiger partial charge in [-0.25, -0.2) is 8.78 Å². The van der Waals surface area contributed by atoms with Gasteiger partial charge in [0.1, 0.15) is 11.6 Å². The molecule has 1 aliphatic carbocycles. The zero-order valence-electron chi connectivity index (χ0n) is 13.9. The summed E-state index contributed by atoms with van der Waals surface area (Å²) in [5.41, 5.74) is 0.177. The number of nitrogens with zero attached hydrogens (tertiary/aromatic N) is 2. The first-order chi connectivity index (χ1) is 11.5. The normalized spacial score (nSPS) is 22.1. The van der Waals surface area contributed by atoms with Gasteiger partial charge in [0.2, 0.25) is 5.91 Å². The van der Waals surface area contributed by atoms with Crippen LogP contribution in [-0.2, 0) is 11.3 Å². The molecule has 0 bridgehead atoms. The van der Waals surface area contributed by atoms with Crippen LogP contribution in [0.25, 0.3) is 0 Å². The monoisotopic (exact) mass is 356 g/mol. The molecule has 3 rings (SSSR count). The van der Waals surface area contributed by atoms with Crippen LogP contribution in [0.5, 0.6) is 0 Å². The van der Waals surface area contributed by atoms with Crippen LogP contribution < -0.4 is 0 Å². The Hall–Kier alpha value is -1.20. The molecule has 1 aromatic carbocycles. The lowest BCUT2D eigenvalue weighted by Crippen LogP contribution is -2.35. The van der Waals surface area contributed by atoms with E-state index in [2.05, 4.69) is 0 Å². The summed E-state index contributed by atoms with van der Waals surface area (Å²) in [6.07, 6.45) is 5.17. The highest BCUT2D eigenvalue weighted by atomic mass is 35.5. The van der Waals surface area contributed by atoms with E-state index in [9.17, 15) is 13.6 Å². The van der Waals surface area contributed by atoms with Crippen LogP contribution in [0.1, 0.15) is 37.7 Å². The first-order valence-electron chi connectivity index (χ1n) is 8.56. The summed E-state index contributed by atoms with van der Waals surface area (Å²) in [6, 6.07) is 2.55. The fraction of sp³-hybridized carbons (Fsp3) is 0.611. The Kier molecular flexibility index (Phi) is 5.40. The third kappa shape index (κ3) is 3.72. The van der Waals surface area contributed by atoms with Crippen molar-refractivity contribution in [3.05, 3.63) is 34.4 Å². The molecule has 0 aromatic heterocycles. The van der Waals surface area contributed by atoms with Crippen LogP contribution in [0.2, 0.25) is 5.02 Å². The Balaban J connectivity index is 1.59. The van der Waals surface area contributed by atoms with E-state index in [1.807, 2.05) is 16.8 Å². The van der Waals surface area contributed by atoms with Crippen LogP contribution in [-0.4, -0.2) is 41.9 Å². The van der Waals surface area contributed by atoms with E-state index in [1.165, 1.54) is 12.8 Å². The van der Waals surface area contributed by atoms with Gasteiger partial charge >= 0.3 is 0 Å². The van der Waals surface area contributed by atoms with Gasteiger partial charge in [-0.1, -0.05) is 24.4 Å². The van der Waals surface area contributed by atoms with E-state index in [0.717, 1.165) is 31.5 Å². The van der Waals surface area contributed by atoms with E-state index < -0.39 is 11.6 Å². The summed E-state index contributed by atoms with van der Waals surface area (Å²) < 4.78 is 27.4. The van der Waals surface area contributed by atoms with Crippen LogP contribution in [0.4, 0.5) is 8.78 Å². The quantitative estimate of drug-likeness (QED) is 0.748. The Morgan fingerprint density at radius 2 is 1.92 bits per heavy atom. The number of likely N-dealkylation sites (tertiary alicyclic amines) is 1. The standard InChI is InChI=1S/C18H23ClF2N2O/c1-22(11-14-15(20)6-7-16(21)18(14)19)9-12-8-17(24)23(10-12)13-4-2-3-5-13/h6-7,12-13H,2-5,8-11H2,1H3. The molecule has 1 aliphatic heterocycles. The summed E-state index contributed by atoms with van der Waals surface area (Å²) in [5, 5.41) is -0.156. The van der Waals surface area contributed by atoms with Gasteiger partial charge in [0.15, 0.2) is 0 Å². The molecule has 1 saturated heterocycles. The Morgan fingerprint density at radius 3 is 2.62 bits per heavy atom. The Bertz CT molecular complexity index is 619. The fourth-order valence-electron chi connectivity index (χ4n) is 3.99. The van der Waals surface area contributed by atoms with Crippen LogP contribution >= 0.6 is 11.6 Å². The molecule has 2 fully saturated rings. The number of carbonyl (C=O) groups excluding carboxylic acids is 1. The molecule has 24 heavy (non-hydrogen) atoms. The second-order valence-corrected chi connectivity index (χ2v) is 7.45. The minimum atomic E-state index is -0.607. The van der Waals surface area contributed by atoms with Crippen LogP contribution in [0.3, 0.4) is 0 Å². The van der Waals surface area contributed by atoms with Crippen molar-refractivity contribution in [2.45, 2.75) is 44.7 Å². The van der Waals surface area contributed by atoms with Crippen molar-refractivity contribution in [1.82, 2.24) is 9.80 Å². The maximum absolute atomic E-state index is 13.9. The highest BCUT2D eigenvalue weighted by Gasteiger charge is 2.35. The number of rotatable bonds is 5. The summed E-state index contributed by atoms with van der Waals surface area (Å²) in [7, 11) is 1.85. The number of amides is 1. The highest BCUT2D eigenvalue weighted by Crippen LogP contribution is 2.30. The highest BCUT2D eigenvalue weighted by molar-refractivity contribution is 6.31. The first-order valence-corrected chi connectivity index (χ1v) is 8.94. The lowest BCUT2D eigenvalue weighted by Gasteiger charge is -2.25. The van der Waals surface area contributed by atoms with Gasteiger partial charge < -0.3 is 9.80 Å². The van der Waals surface area contributed by atoms with Gasteiger partial charge in [0.25, 0.3) is 0 Å². The van der Waals surface area contributed by atoms with Crippen molar-refractivity contribution < 1.29 is 13.6 Å². The average molecular weight is 357 g/mol. The van der Waals surface area contributed by atoms with E-state index in [4.69, 9.17) is 11.6 Å². The minimum absolute atomic E-state index is 0.156. The summed E-state index contributed by atoms with van der Waals surface area (Å²) in [5.74, 6) is -0.637. The number of hydrogen-bond donors (Lipinski definition) is 0. The average Bonchev–Trinajstić information content (AvgIpc) is 3.17. The molecule has 0 spiro atoms. The van der Waals surface area contributed by atoms with Crippen molar-refractivity contribution >= 4 is 17.5 Å². The fourth-order valence-corrected chi connectivity index (χ4v) is 4.20. The van der Waals surface area contributed by atoms with Crippen LogP contribution in [0, 0.1) is 17.6 Å². The van der Waals surface area contributed by atoms with Crippen LogP contribution in [0.15, 0.2) is 12.1 Å². The van der Waals surface area contributed by atoms with Gasteiger partial charge in [-0.2, -0.15) is 0 Å². The third-order valence-corrected chi connectivity index (χ3v) is 5.55. The second kappa shape index (κ2) is 7.36. The summed E-state index contributed by atoms with van der Waals surface area (Å²) in [6.45, 7) is 1.67. The second-order valence-electron chi connectivity index (χ2n) is 7.07. The van der Waals surface area contributed by atoms with Gasteiger partial charge in [-0.15, -0.1) is 0 Å². The van der Waals surface area contributed by atoms with Crippen molar-refractivity contribution in [2.75, 3.05) is 20.1 Å². The van der Waals surface area contributed by atoms with Gasteiger partial charge in [0.05, 0.1) is 5.02 Å². The van der Waals surface area contributed by atoms with E-state index in [0.29, 0.717) is 19.0 Å². The largest absolute Gasteiger partial charge is 0.339 e. The molecule has 1 atom stereocenters. The molecule has 2 aliphatic rings. The number of hydrogen-bond acceptors (Lipinski definition) is 2. The van der Waals surface area contributed by atoms with Gasteiger partial charge in [-0.05, 0) is 37.9 Å². The van der Waals surface area contributed by atoms with E-state index in [-0.39, 0.29) is 29.0 Å². The summed E-state index contributed by atoms with van der Waals surface area (Å²) in [4.78, 5) is 16.2. The number of halogens is 3. The number of benzene rings is 1. The molecule has 0 N–H and O–H groups in total. The molecule has 1 aromatic rings. The number of carbonyl (C=O) groups is 1. The molecule has 1 saturated carbocycles. The maximum Gasteiger partial charge on any atom is 0.223 e. The third-order valence-electron chi connectivity index (χ3n) is 5.14. The predicted molar refractivity (Wildman–Crippen MR) is 89.8 cm³/mol. The molecule has 132 valence electrons. The molecule has 0 radical (unpaired) electrons. The SMILES string of the molecule is CN(Cc1c(F)ccc(F)c1Cl)CC1CC(=O)N(C2CCCC2)C1. The maximum atomic E-state index is 13.9. The molecule has 1 heterocycles. The van der Waals surface area contributed by atoms with Gasteiger partial charge in [-0.3, -0.25) is 4.79 Å². The Labute approximate surface area is 146 Å². The lowest BCUT2D eigenvalue weighted by atomic mass is 10.1. The van der Waals surface area contributed by atoms with Gasteiger partial charge in [0, 0.05) is 37.7 Å². The smallest absolute Gasteiger partial charge is 0.223 e. The van der Waals surface area contributed by atoms with E-state index >= 15 is 0 Å². The molecule has 3 nitrogen and oxygen atoms in total. The summed E-state index contributed by atoms with van der Waals surface area (Å²) >= 11 is 5.89. The zero-order valence-corrected chi connectivity index (χ0v) is 14.7. The molecule has 6 heteroatoms. The predicted octanol–water partition coefficient (Wildman–Crippen LogP) is 3.84. The molecule has 1 unspecified atom stereocenters. The zero-order chi connectivity index (χ0) is 17.3. The van der Waals surface area contributed by atoms with Crippen molar-refractivity contribution in [2.24, 2.45) is 5.92 Å². The van der Waals surface area contributed by atoms with Crippen molar-refractivity contribution in [1.29, 1.82) is 0 Å². The topological polar surface area (TPSA) is 23.6 Å². The molecular weight excluding hydrogens is 334 g/mol. The molecular formula is C18H23ClF2N2O. The Morgan fingerprint density at radius 1 is 1.25 bits per heavy atom. The van der Waals surface area contributed by atoms with E-state index in [1.54, 1.807) is 0 Å². The van der Waals surface area contributed by atoms with Crippen molar-refractivity contribution in [3.63, 3.8) is 0 Å². The van der Waals surface area contributed by atoms with Crippen molar-refractivity contribution in [3.8, 4) is 0 Å².